The number of methoxy groups -OCH3 is 1. The third-order valence-corrected chi connectivity index (χ3v) is 9.74. The van der Waals surface area contributed by atoms with E-state index in [0.717, 1.165) is 26.9 Å². The number of hydrogen-bond donors (Lipinski definition) is 1. The van der Waals surface area contributed by atoms with Gasteiger partial charge in [0.1, 0.15) is 0 Å². The van der Waals surface area contributed by atoms with Crippen LogP contribution in [0.3, 0.4) is 0 Å². The van der Waals surface area contributed by atoms with Gasteiger partial charge < -0.3 is 0 Å². The molecule has 6 rings (SSSR count). The van der Waals surface area contributed by atoms with Crippen molar-refractivity contribution in [2.75, 3.05) is 13.7 Å². The van der Waals surface area contributed by atoms with Crippen molar-refractivity contribution in [1.29, 1.82) is 0 Å². The van der Waals surface area contributed by atoms with E-state index in [1.165, 1.54) is 21.3 Å². The SMILES string of the molecule is COc1ccc(C(OC[C@H]2O[C@@H](n3ccc(=O)[nH]c3=O)C=C2[Se]c2ccccc2)(c2ccccc2)c2ccccc2)cc1. The molecule has 0 radical (unpaired) electrons. The Morgan fingerprint density at radius 3 is 1.95 bits per heavy atom. The van der Waals surface area contributed by atoms with Crippen LogP contribution < -0.4 is 20.4 Å². The average Bonchev–Trinajstić information content (AvgIpc) is 3.45. The van der Waals surface area contributed by atoms with E-state index in [1.54, 1.807) is 7.11 Å². The predicted octanol–water partition coefficient (Wildman–Crippen LogP) is 4.36. The van der Waals surface area contributed by atoms with E-state index in [9.17, 15) is 9.59 Å². The molecule has 1 aliphatic rings. The Morgan fingerprint density at radius 2 is 1.37 bits per heavy atom. The Morgan fingerprint density at radius 1 is 0.791 bits per heavy atom. The van der Waals surface area contributed by atoms with Gasteiger partial charge in [0, 0.05) is 0 Å². The predicted molar refractivity (Wildman–Crippen MR) is 167 cm³/mol. The van der Waals surface area contributed by atoms with Crippen LogP contribution in [0.5, 0.6) is 5.75 Å². The average molecular weight is 638 g/mol. The molecular weight excluding hydrogens is 607 g/mol. The summed E-state index contributed by atoms with van der Waals surface area (Å²) >= 11 is -0.0852. The van der Waals surface area contributed by atoms with Gasteiger partial charge in [-0.25, -0.2) is 0 Å². The first kappa shape index (κ1) is 28.6. The minimum absolute atomic E-state index is 0.0852. The van der Waals surface area contributed by atoms with Crippen LogP contribution in [0.15, 0.2) is 148 Å². The molecule has 0 unspecified atom stereocenters. The molecule has 4 aromatic carbocycles. The Labute approximate surface area is 255 Å². The van der Waals surface area contributed by atoms with Crippen molar-refractivity contribution >= 4 is 19.4 Å². The molecule has 0 aliphatic carbocycles. The van der Waals surface area contributed by atoms with Crippen LogP contribution >= 0.6 is 0 Å². The Hall–Kier alpha value is -4.46. The molecule has 0 bridgehead atoms. The summed E-state index contributed by atoms with van der Waals surface area (Å²) in [5.74, 6) is 0.753. The second kappa shape index (κ2) is 12.8. The molecule has 2 heterocycles. The second-order valence-corrected chi connectivity index (χ2v) is 12.4. The zero-order valence-electron chi connectivity index (χ0n) is 23.5. The normalized spacial score (nSPS) is 16.5. The molecule has 0 fully saturated rings. The minimum atomic E-state index is -0.962. The van der Waals surface area contributed by atoms with E-state index in [4.69, 9.17) is 14.2 Å². The van der Waals surface area contributed by atoms with E-state index in [-0.39, 0.29) is 21.6 Å². The summed E-state index contributed by atoms with van der Waals surface area (Å²) in [7, 11) is 1.65. The quantitative estimate of drug-likeness (QED) is 0.182. The van der Waals surface area contributed by atoms with Gasteiger partial charge >= 0.3 is 256 Å². The van der Waals surface area contributed by atoms with Gasteiger partial charge in [-0.15, -0.1) is 0 Å². The molecule has 0 amide bonds. The molecule has 0 saturated heterocycles. The van der Waals surface area contributed by atoms with Gasteiger partial charge in [0.25, 0.3) is 0 Å². The molecule has 7 nitrogen and oxygen atoms in total. The van der Waals surface area contributed by atoms with Crippen LogP contribution in [0.25, 0.3) is 0 Å². The number of hydrogen-bond acceptors (Lipinski definition) is 5. The van der Waals surface area contributed by atoms with Crippen molar-refractivity contribution < 1.29 is 14.2 Å². The number of aromatic amines is 1. The number of nitrogens with zero attached hydrogens (tertiary/aromatic N) is 1. The Balaban J connectivity index is 1.41. The molecule has 0 saturated carbocycles. The van der Waals surface area contributed by atoms with Crippen molar-refractivity contribution in [3.8, 4) is 5.75 Å². The van der Waals surface area contributed by atoms with E-state index in [0.29, 0.717) is 0 Å². The van der Waals surface area contributed by atoms with Gasteiger partial charge in [0.15, 0.2) is 0 Å². The number of aromatic nitrogens is 2. The number of H-pyrrole nitrogens is 1. The third-order valence-electron chi connectivity index (χ3n) is 7.34. The number of rotatable bonds is 10. The number of ether oxygens (including phenoxy) is 3. The first-order valence-electron chi connectivity index (χ1n) is 13.9. The third kappa shape index (κ3) is 6.05. The number of nitrogens with one attached hydrogen (secondary N) is 1. The van der Waals surface area contributed by atoms with Crippen molar-refractivity contribution in [1.82, 2.24) is 9.55 Å². The van der Waals surface area contributed by atoms with Crippen molar-refractivity contribution in [3.63, 3.8) is 0 Å². The first-order chi connectivity index (χ1) is 21.1. The summed E-state index contributed by atoms with van der Waals surface area (Å²) in [5, 5.41) is 0. The fourth-order valence-corrected chi connectivity index (χ4v) is 7.37. The van der Waals surface area contributed by atoms with Crippen LogP contribution in [-0.2, 0) is 15.1 Å². The molecule has 8 heteroatoms. The summed E-state index contributed by atoms with van der Waals surface area (Å²) in [6.07, 6.45) is 2.33. The molecule has 2 atom stereocenters. The molecular formula is C35H30N2O5Se. The van der Waals surface area contributed by atoms with E-state index in [2.05, 4.69) is 41.4 Å². The summed E-state index contributed by atoms with van der Waals surface area (Å²) in [6, 6.07) is 39.8. The van der Waals surface area contributed by atoms with Crippen molar-refractivity contribution in [3.05, 3.63) is 176 Å². The van der Waals surface area contributed by atoms with Crippen LogP contribution in [0.1, 0.15) is 22.9 Å². The van der Waals surface area contributed by atoms with E-state index >= 15 is 0 Å². The summed E-state index contributed by atoms with van der Waals surface area (Å²) in [4.78, 5) is 26.8. The summed E-state index contributed by atoms with van der Waals surface area (Å²) in [5.41, 5.74) is 0.940. The fraction of sp³-hybridized carbons (Fsp3) is 0.143. The molecule has 1 aromatic heterocycles. The molecule has 0 spiro atoms. The van der Waals surface area contributed by atoms with Crippen LogP contribution in [-0.4, -0.2) is 44.3 Å². The topological polar surface area (TPSA) is 82.6 Å². The zero-order valence-corrected chi connectivity index (χ0v) is 25.2. The van der Waals surface area contributed by atoms with Gasteiger partial charge in [-0.3, -0.25) is 0 Å². The Kier molecular flexibility index (Phi) is 8.54. The maximum absolute atomic E-state index is 12.7. The molecule has 216 valence electrons. The fourth-order valence-electron chi connectivity index (χ4n) is 5.26. The Bertz CT molecular complexity index is 1760. The second-order valence-electron chi connectivity index (χ2n) is 9.97. The van der Waals surface area contributed by atoms with Crippen molar-refractivity contribution in [2.45, 2.75) is 17.9 Å². The van der Waals surface area contributed by atoms with Crippen LogP contribution in [0.4, 0.5) is 0 Å². The van der Waals surface area contributed by atoms with Crippen molar-refractivity contribution in [2.24, 2.45) is 0 Å². The molecule has 1 aliphatic heterocycles. The van der Waals surface area contributed by atoms with Gasteiger partial charge in [-0.2, -0.15) is 0 Å². The van der Waals surface area contributed by atoms with Gasteiger partial charge in [0.2, 0.25) is 0 Å². The zero-order chi connectivity index (χ0) is 29.6. The van der Waals surface area contributed by atoms with Crippen LogP contribution in [0.2, 0.25) is 0 Å². The van der Waals surface area contributed by atoms with Gasteiger partial charge in [0.05, 0.1) is 0 Å². The molecule has 43 heavy (non-hydrogen) atoms. The van der Waals surface area contributed by atoms with Gasteiger partial charge in [-0.1, -0.05) is 0 Å². The van der Waals surface area contributed by atoms with Crippen LogP contribution in [0, 0.1) is 0 Å². The first-order valence-corrected chi connectivity index (χ1v) is 15.6. The van der Waals surface area contributed by atoms with E-state index in [1.807, 2.05) is 84.9 Å². The maximum atomic E-state index is 12.7. The van der Waals surface area contributed by atoms with E-state index < -0.39 is 29.2 Å². The standard InChI is InChI=1S/C35H30N2O5Se/c1-40-28-19-17-27(18-20-28)35(25-11-5-2-6-12-25,26-13-7-3-8-14-26)41-24-30-31(43-29-15-9-4-10-16-29)23-33(42-30)37-22-21-32(38)36-34(37)39/h2-23,30,33H,24H2,1H3,(H,36,38,39)/t30-,33-/m1/s1. The summed E-state index contributed by atoms with van der Waals surface area (Å²) < 4.78 is 22.7. The van der Waals surface area contributed by atoms with Gasteiger partial charge in [-0.05, 0) is 0 Å². The monoisotopic (exact) mass is 638 g/mol. The molecule has 5 aromatic rings. The molecule has 1 N–H and O–H groups in total. The number of benzene rings is 4. The summed E-state index contributed by atoms with van der Waals surface area (Å²) in [6.45, 7) is 0.213.